The van der Waals surface area contributed by atoms with Gasteiger partial charge < -0.3 is 5.73 Å². The van der Waals surface area contributed by atoms with E-state index >= 15 is 0 Å². The minimum atomic E-state index is -3.07. The minimum Gasteiger partial charge on any atom is -0.329 e. The molecule has 19 heavy (non-hydrogen) atoms. The lowest BCUT2D eigenvalue weighted by Crippen LogP contribution is -2.46. The molecular weight excluding hydrogens is 286 g/mol. The number of rotatable bonds is 5. The zero-order valence-electron chi connectivity index (χ0n) is 10.9. The van der Waals surface area contributed by atoms with Crippen molar-refractivity contribution in [2.75, 3.05) is 30.9 Å². The lowest BCUT2D eigenvalue weighted by atomic mass is 10.4. The Morgan fingerprint density at radius 2 is 2.37 bits per heavy atom. The standard InChI is InChI=1S/C10H19N5O2S2/c1-19(16,17)10-8-18-5-4-14(10)6-9-7-15(3-2-11)13-12-9/h7,10H,2-6,8,11H2,1H3. The lowest BCUT2D eigenvalue weighted by molar-refractivity contribution is 0.259. The maximum absolute atomic E-state index is 11.8. The van der Waals surface area contributed by atoms with Gasteiger partial charge in [0.15, 0.2) is 9.84 Å². The number of hydrogen-bond donors (Lipinski definition) is 1. The molecule has 0 amide bonds. The van der Waals surface area contributed by atoms with Gasteiger partial charge in [-0.3, -0.25) is 9.58 Å². The Bertz CT molecular complexity index is 516. The third-order valence-electron chi connectivity index (χ3n) is 2.99. The quantitative estimate of drug-likeness (QED) is 0.757. The van der Waals surface area contributed by atoms with Gasteiger partial charge in [-0.2, -0.15) is 11.8 Å². The van der Waals surface area contributed by atoms with Gasteiger partial charge in [-0.05, 0) is 0 Å². The summed E-state index contributed by atoms with van der Waals surface area (Å²) in [5.74, 6) is 1.57. The predicted octanol–water partition coefficient (Wildman–Crippen LogP) is -0.844. The molecule has 0 spiro atoms. The van der Waals surface area contributed by atoms with E-state index in [4.69, 9.17) is 5.73 Å². The molecule has 0 saturated carbocycles. The molecule has 1 aromatic heterocycles. The largest absolute Gasteiger partial charge is 0.329 e. The zero-order chi connectivity index (χ0) is 13.9. The Hall–Kier alpha value is -0.640. The second-order valence-corrected chi connectivity index (χ2v) is 7.94. The monoisotopic (exact) mass is 305 g/mol. The van der Waals surface area contributed by atoms with Gasteiger partial charge in [0, 0.05) is 43.6 Å². The lowest BCUT2D eigenvalue weighted by Gasteiger charge is -2.33. The number of hydrogen-bond acceptors (Lipinski definition) is 7. The normalized spacial score (nSPS) is 21.7. The molecule has 108 valence electrons. The molecule has 1 saturated heterocycles. The molecule has 2 N–H and O–H groups in total. The van der Waals surface area contributed by atoms with Crippen LogP contribution in [0.2, 0.25) is 0 Å². The summed E-state index contributed by atoms with van der Waals surface area (Å²) in [6.45, 7) is 2.41. The van der Waals surface area contributed by atoms with E-state index in [9.17, 15) is 8.42 Å². The molecule has 1 fully saturated rings. The Morgan fingerprint density at radius 3 is 3.05 bits per heavy atom. The van der Waals surface area contributed by atoms with Gasteiger partial charge in [0.25, 0.3) is 0 Å². The van der Waals surface area contributed by atoms with Gasteiger partial charge in [0.2, 0.25) is 0 Å². The van der Waals surface area contributed by atoms with E-state index in [2.05, 4.69) is 10.3 Å². The van der Waals surface area contributed by atoms with Gasteiger partial charge >= 0.3 is 0 Å². The van der Waals surface area contributed by atoms with E-state index in [1.54, 1.807) is 16.4 Å². The molecule has 0 bridgehead atoms. The van der Waals surface area contributed by atoms with Gasteiger partial charge in [0.1, 0.15) is 5.37 Å². The summed E-state index contributed by atoms with van der Waals surface area (Å²) in [6.07, 6.45) is 3.12. The summed E-state index contributed by atoms with van der Waals surface area (Å²) in [6, 6.07) is 0. The van der Waals surface area contributed by atoms with E-state index in [0.717, 1.165) is 18.0 Å². The van der Waals surface area contributed by atoms with E-state index < -0.39 is 15.2 Å². The van der Waals surface area contributed by atoms with Crippen molar-refractivity contribution >= 4 is 21.6 Å². The van der Waals surface area contributed by atoms with Crippen LogP contribution in [0.25, 0.3) is 0 Å². The maximum Gasteiger partial charge on any atom is 0.164 e. The van der Waals surface area contributed by atoms with Crippen LogP contribution in [0, 0.1) is 0 Å². The molecule has 0 aliphatic carbocycles. The van der Waals surface area contributed by atoms with Crippen molar-refractivity contribution in [1.82, 2.24) is 19.9 Å². The minimum absolute atomic E-state index is 0.425. The predicted molar refractivity (Wildman–Crippen MR) is 75.4 cm³/mol. The molecule has 2 heterocycles. The molecule has 7 nitrogen and oxygen atoms in total. The highest BCUT2D eigenvalue weighted by atomic mass is 32.2. The first-order valence-electron chi connectivity index (χ1n) is 6.10. The highest BCUT2D eigenvalue weighted by Crippen LogP contribution is 2.21. The van der Waals surface area contributed by atoms with Crippen LogP contribution in [0.1, 0.15) is 5.69 Å². The SMILES string of the molecule is CS(=O)(=O)C1CSCCN1Cc1cn(CCN)nn1. The van der Waals surface area contributed by atoms with Crippen LogP contribution in [0.15, 0.2) is 6.20 Å². The summed E-state index contributed by atoms with van der Waals surface area (Å²) in [5.41, 5.74) is 6.24. The molecule has 1 aromatic rings. The average Bonchev–Trinajstić information content (AvgIpc) is 2.76. The van der Waals surface area contributed by atoms with E-state index in [1.165, 1.54) is 6.26 Å². The number of thioether (sulfide) groups is 1. The molecule has 2 rings (SSSR count). The summed E-state index contributed by atoms with van der Waals surface area (Å²) < 4.78 is 25.2. The summed E-state index contributed by atoms with van der Waals surface area (Å²) in [5, 5.41) is 7.60. The third kappa shape index (κ3) is 3.91. The molecule has 9 heteroatoms. The van der Waals surface area contributed by atoms with Crippen LogP contribution >= 0.6 is 11.8 Å². The fraction of sp³-hybridized carbons (Fsp3) is 0.800. The highest BCUT2D eigenvalue weighted by molar-refractivity contribution is 8.00. The third-order valence-corrected chi connectivity index (χ3v) is 5.68. The van der Waals surface area contributed by atoms with Gasteiger partial charge in [-0.1, -0.05) is 5.21 Å². The van der Waals surface area contributed by atoms with Crippen LogP contribution in [0.3, 0.4) is 0 Å². The van der Waals surface area contributed by atoms with Crippen molar-refractivity contribution in [3.05, 3.63) is 11.9 Å². The zero-order valence-corrected chi connectivity index (χ0v) is 12.5. The Balaban J connectivity index is 2.06. The van der Waals surface area contributed by atoms with E-state index in [1.807, 2.05) is 11.1 Å². The second-order valence-electron chi connectivity index (χ2n) is 4.59. The van der Waals surface area contributed by atoms with Crippen molar-refractivity contribution in [3.63, 3.8) is 0 Å². The Labute approximate surface area is 117 Å². The molecule has 1 aliphatic heterocycles. The van der Waals surface area contributed by atoms with Gasteiger partial charge in [-0.25, -0.2) is 8.42 Å². The summed E-state index contributed by atoms with van der Waals surface area (Å²) in [4.78, 5) is 1.96. The molecule has 0 aromatic carbocycles. The van der Waals surface area contributed by atoms with Crippen molar-refractivity contribution in [1.29, 1.82) is 0 Å². The Morgan fingerprint density at radius 1 is 1.58 bits per heavy atom. The molecule has 1 atom stereocenters. The van der Waals surface area contributed by atoms with Crippen molar-refractivity contribution in [3.8, 4) is 0 Å². The van der Waals surface area contributed by atoms with Gasteiger partial charge in [-0.15, -0.1) is 5.10 Å². The smallest absolute Gasteiger partial charge is 0.164 e. The van der Waals surface area contributed by atoms with Crippen LogP contribution in [0.5, 0.6) is 0 Å². The molecular formula is C10H19N5O2S2. The fourth-order valence-corrected chi connectivity index (χ4v) is 4.99. The molecule has 1 aliphatic rings. The topological polar surface area (TPSA) is 94.1 Å². The first-order valence-corrected chi connectivity index (χ1v) is 9.21. The molecule has 1 unspecified atom stereocenters. The van der Waals surface area contributed by atoms with Crippen molar-refractivity contribution < 1.29 is 8.42 Å². The fourth-order valence-electron chi connectivity index (χ4n) is 2.05. The van der Waals surface area contributed by atoms with Gasteiger partial charge in [0.05, 0.1) is 12.2 Å². The first-order chi connectivity index (χ1) is 9.00. The van der Waals surface area contributed by atoms with E-state index in [0.29, 0.717) is 25.4 Å². The van der Waals surface area contributed by atoms with Crippen molar-refractivity contribution in [2.24, 2.45) is 5.73 Å². The number of nitrogens with two attached hydrogens (primary N) is 1. The van der Waals surface area contributed by atoms with E-state index in [-0.39, 0.29) is 0 Å². The van der Waals surface area contributed by atoms with Crippen molar-refractivity contribution in [2.45, 2.75) is 18.5 Å². The molecule has 0 radical (unpaired) electrons. The average molecular weight is 305 g/mol. The van der Waals surface area contributed by atoms with Crippen LogP contribution in [-0.4, -0.2) is 64.5 Å². The first kappa shape index (κ1) is 14.8. The summed E-state index contributed by atoms with van der Waals surface area (Å²) in [7, 11) is -3.07. The summed E-state index contributed by atoms with van der Waals surface area (Å²) >= 11 is 1.68. The van der Waals surface area contributed by atoms with Crippen LogP contribution in [-0.2, 0) is 22.9 Å². The second kappa shape index (κ2) is 6.21. The number of nitrogens with zero attached hydrogens (tertiary/aromatic N) is 4. The number of aromatic nitrogens is 3. The number of sulfone groups is 1. The van der Waals surface area contributed by atoms with Crippen LogP contribution in [0.4, 0.5) is 0 Å². The maximum atomic E-state index is 11.8. The Kier molecular flexibility index (Phi) is 4.82. The van der Waals surface area contributed by atoms with Crippen LogP contribution < -0.4 is 5.73 Å². The highest BCUT2D eigenvalue weighted by Gasteiger charge is 2.31.